The zero-order chi connectivity index (χ0) is 32.1. The molecule has 10 nitrogen and oxygen atoms in total. The Bertz CT molecular complexity index is 1750. The van der Waals surface area contributed by atoms with Crippen molar-refractivity contribution in [2.45, 2.75) is 64.7 Å². The van der Waals surface area contributed by atoms with Crippen LogP contribution in [-0.2, 0) is 26.1 Å². The molecule has 0 unspecified atom stereocenters. The normalized spacial score (nSPS) is 11.7. The van der Waals surface area contributed by atoms with Gasteiger partial charge in [-0.25, -0.2) is 27.7 Å². The van der Waals surface area contributed by atoms with Crippen LogP contribution in [0.15, 0.2) is 77.8 Å². The summed E-state index contributed by atoms with van der Waals surface area (Å²) in [7, 11) is -4.02. The van der Waals surface area contributed by atoms with E-state index in [2.05, 4.69) is 20.3 Å². The van der Waals surface area contributed by atoms with Gasteiger partial charge in [0.05, 0.1) is 15.9 Å². The highest BCUT2D eigenvalue weighted by Gasteiger charge is 2.27. The SMILES string of the molecule is Cc1cc(NC(=O)OC(C)C)ccc1-c1ncc(-c2ccc(NC(=O)OCc3ccccc3)cc2S(=O)(=O)NC(C)(C)C)s1. The first-order valence-electron chi connectivity index (χ1n) is 13.9. The van der Waals surface area contributed by atoms with Crippen LogP contribution in [0.1, 0.15) is 45.7 Å². The first kappa shape index (κ1) is 32.6. The number of nitrogens with one attached hydrogen (secondary N) is 3. The van der Waals surface area contributed by atoms with Gasteiger partial charge in [-0.2, -0.15) is 0 Å². The number of hydrogen-bond donors (Lipinski definition) is 3. The molecule has 0 radical (unpaired) electrons. The van der Waals surface area contributed by atoms with Crippen LogP contribution >= 0.6 is 11.3 Å². The van der Waals surface area contributed by atoms with Crippen LogP contribution < -0.4 is 15.4 Å². The predicted molar refractivity (Wildman–Crippen MR) is 173 cm³/mol. The molecule has 0 saturated heterocycles. The van der Waals surface area contributed by atoms with Crippen molar-refractivity contribution < 1.29 is 27.5 Å². The number of thiazole rings is 1. The second-order valence-corrected chi connectivity index (χ2v) is 14.1. The molecule has 0 saturated carbocycles. The summed E-state index contributed by atoms with van der Waals surface area (Å²) < 4.78 is 40.3. The van der Waals surface area contributed by atoms with Gasteiger partial charge >= 0.3 is 12.2 Å². The number of rotatable bonds is 9. The first-order valence-corrected chi connectivity index (χ1v) is 16.2. The number of carbonyl (C=O) groups excluding carboxylic acids is 2. The Morgan fingerprint density at radius 3 is 2.18 bits per heavy atom. The number of hydrogen-bond acceptors (Lipinski definition) is 8. The standard InChI is InChI=1S/C32H36N4O6S2/c1-20(2)42-31(38)35-23-12-14-25(21(3)16-23)29-33-18-27(43-29)26-15-13-24(17-28(26)44(39,40)36-32(4,5)6)34-30(37)41-19-22-10-8-7-9-11-22/h7-18,20,36H,19H2,1-6H3,(H,34,37)(H,35,38). The quantitative estimate of drug-likeness (QED) is 0.172. The van der Waals surface area contributed by atoms with Crippen molar-refractivity contribution in [2.24, 2.45) is 0 Å². The van der Waals surface area contributed by atoms with Gasteiger partial charge in [-0.05, 0) is 83.0 Å². The molecular formula is C32H36N4O6S2. The van der Waals surface area contributed by atoms with Crippen LogP contribution in [0.5, 0.6) is 0 Å². The lowest BCUT2D eigenvalue weighted by molar-refractivity contribution is 0.130. The van der Waals surface area contributed by atoms with Crippen molar-refractivity contribution in [2.75, 3.05) is 10.6 Å². The summed E-state index contributed by atoms with van der Waals surface area (Å²) in [4.78, 5) is 29.7. The molecule has 3 aromatic carbocycles. The fraction of sp³-hybridized carbons (Fsp3) is 0.281. The second-order valence-electron chi connectivity index (χ2n) is 11.4. The van der Waals surface area contributed by atoms with E-state index in [4.69, 9.17) is 9.47 Å². The molecule has 3 N–H and O–H groups in total. The molecule has 44 heavy (non-hydrogen) atoms. The maximum atomic E-state index is 13.6. The summed E-state index contributed by atoms with van der Waals surface area (Å²) in [5, 5.41) is 6.01. The van der Waals surface area contributed by atoms with Gasteiger partial charge in [-0.1, -0.05) is 36.4 Å². The highest BCUT2D eigenvalue weighted by Crippen LogP contribution is 2.38. The maximum absolute atomic E-state index is 13.6. The molecule has 0 aliphatic carbocycles. The van der Waals surface area contributed by atoms with Crippen LogP contribution in [0.3, 0.4) is 0 Å². The molecule has 232 valence electrons. The fourth-order valence-corrected chi connectivity index (χ4v) is 7.00. The highest BCUT2D eigenvalue weighted by atomic mass is 32.2. The molecule has 2 amide bonds. The van der Waals surface area contributed by atoms with Crippen LogP contribution in [0, 0.1) is 6.92 Å². The van der Waals surface area contributed by atoms with Crippen molar-refractivity contribution in [1.29, 1.82) is 0 Å². The Balaban J connectivity index is 1.61. The van der Waals surface area contributed by atoms with E-state index in [1.807, 2.05) is 49.4 Å². The molecule has 4 aromatic rings. The number of aromatic nitrogens is 1. The van der Waals surface area contributed by atoms with Crippen LogP contribution in [-0.4, -0.2) is 37.2 Å². The van der Waals surface area contributed by atoms with Crippen molar-refractivity contribution in [3.63, 3.8) is 0 Å². The van der Waals surface area contributed by atoms with E-state index in [0.717, 1.165) is 16.7 Å². The molecule has 1 aromatic heterocycles. The Labute approximate surface area is 261 Å². The van der Waals surface area contributed by atoms with Crippen LogP contribution in [0.4, 0.5) is 21.0 Å². The van der Waals surface area contributed by atoms with E-state index < -0.39 is 27.7 Å². The van der Waals surface area contributed by atoms with Crippen molar-refractivity contribution >= 4 is 44.9 Å². The van der Waals surface area contributed by atoms with E-state index in [9.17, 15) is 18.0 Å². The Morgan fingerprint density at radius 1 is 0.909 bits per heavy atom. The number of sulfonamides is 1. The molecule has 12 heteroatoms. The Morgan fingerprint density at radius 2 is 1.55 bits per heavy atom. The summed E-state index contributed by atoms with van der Waals surface area (Å²) in [5.41, 5.74) is 3.06. The zero-order valence-corrected chi connectivity index (χ0v) is 27.1. The lowest BCUT2D eigenvalue weighted by Crippen LogP contribution is -2.40. The lowest BCUT2D eigenvalue weighted by Gasteiger charge is -2.22. The molecule has 0 fully saturated rings. The largest absolute Gasteiger partial charge is 0.447 e. The van der Waals surface area contributed by atoms with Crippen LogP contribution in [0.25, 0.3) is 21.0 Å². The molecule has 0 bridgehead atoms. The van der Waals surface area contributed by atoms with E-state index in [-0.39, 0.29) is 23.3 Å². The third kappa shape index (κ3) is 8.88. The lowest BCUT2D eigenvalue weighted by atomic mass is 10.1. The molecule has 4 rings (SSSR count). The van der Waals surface area contributed by atoms with Gasteiger partial charge in [0, 0.05) is 34.2 Å². The molecule has 0 aliphatic rings. The van der Waals surface area contributed by atoms with Gasteiger partial charge in [0.2, 0.25) is 10.0 Å². The van der Waals surface area contributed by atoms with Gasteiger partial charge in [-0.3, -0.25) is 10.6 Å². The average Bonchev–Trinajstić information content (AvgIpc) is 3.40. The number of aryl methyl sites for hydroxylation is 1. The molecular weight excluding hydrogens is 601 g/mol. The summed E-state index contributed by atoms with van der Waals surface area (Å²) in [5.74, 6) is 0. The number of ether oxygens (including phenoxy) is 2. The van der Waals surface area contributed by atoms with Gasteiger partial charge in [0.1, 0.15) is 11.6 Å². The minimum absolute atomic E-state index is 0.0107. The highest BCUT2D eigenvalue weighted by molar-refractivity contribution is 7.89. The first-order chi connectivity index (χ1) is 20.7. The number of amides is 2. The number of nitrogens with zero attached hydrogens (tertiary/aromatic N) is 1. The predicted octanol–water partition coefficient (Wildman–Crippen LogP) is 7.57. The molecule has 0 spiro atoms. The smallest absolute Gasteiger partial charge is 0.411 e. The van der Waals surface area contributed by atoms with E-state index in [0.29, 0.717) is 21.1 Å². The monoisotopic (exact) mass is 636 g/mol. The number of carbonyl (C=O) groups is 2. The minimum atomic E-state index is -4.02. The van der Waals surface area contributed by atoms with Crippen molar-refractivity contribution in [3.8, 4) is 21.0 Å². The van der Waals surface area contributed by atoms with E-state index in [1.54, 1.807) is 59.0 Å². The average molecular weight is 637 g/mol. The van der Waals surface area contributed by atoms with E-state index >= 15 is 0 Å². The summed E-state index contributed by atoms with van der Waals surface area (Å²) in [6.07, 6.45) is 0.135. The van der Waals surface area contributed by atoms with E-state index in [1.165, 1.54) is 17.4 Å². The van der Waals surface area contributed by atoms with Crippen molar-refractivity contribution in [3.05, 3.63) is 84.1 Å². The molecule has 1 heterocycles. The minimum Gasteiger partial charge on any atom is -0.447 e. The fourth-order valence-electron chi connectivity index (χ4n) is 4.23. The Kier molecular flexibility index (Phi) is 10.1. The summed E-state index contributed by atoms with van der Waals surface area (Å²) >= 11 is 1.33. The number of anilines is 2. The third-order valence-corrected chi connectivity index (χ3v) is 8.85. The topological polar surface area (TPSA) is 136 Å². The summed E-state index contributed by atoms with van der Waals surface area (Å²) in [6, 6.07) is 19.3. The van der Waals surface area contributed by atoms with Gasteiger partial charge in [0.25, 0.3) is 0 Å². The summed E-state index contributed by atoms with van der Waals surface area (Å²) in [6.45, 7) is 10.8. The molecule has 0 atom stereocenters. The second kappa shape index (κ2) is 13.6. The number of benzene rings is 3. The van der Waals surface area contributed by atoms with Crippen molar-refractivity contribution in [1.82, 2.24) is 9.71 Å². The van der Waals surface area contributed by atoms with Gasteiger partial charge < -0.3 is 9.47 Å². The zero-order valence-electron chi connectivity index (χ0n) is 25.4. The van der Waals surface area contributed by atoms with Gasteiger partial charge in [-0.15, -0.1) is 11.3 Å². The van der Waals surface area contributed by atoms with Gasteiger partial charge in [0.15, 0.2) is 0 Å². The third-order valence-electron chi connectivity index (χ3n) is 5.99. The maximum Gasteiger partial charge on any atom is 0.411 e. The van der Waals surface area contributed by atoms with Crippen LogP contribution in [0.2, 0.25) is 0 Å². The molecule has 0 aliphatic heterocycles. The Hall–Kier alpha value is -4.26.